The van der Waals surface area contributed by atoms with Gasteiger partial charge in [0.15, 0.2) is 0 Å². The first-order chi connectivity index (χ1) is 8.74. The quantitative estimate of drug-likeness (QED) is 0.823. The van der Waals surface area contributed by atoms with Crippen LogP contribution in [-0.4, -0.2) is 31.1 Å². The van der Waals surface area contributed by atoms with Gasteiger partial charge in [0.05, 0.1) is 5.54 Å². The maximum Gasteiger partial charge on any atom is 0.0535 e. The number of nitrogens with one attached hydrogen (secondary N) is 1. The maximum absolute atomic E-state index is 3.71. The zero-order valence-electron chi connectivity index (χ0n) is 11.5. The number of benzene rings is 1. The van der Waals surface area contributed by atoms with Crippen LogP contribution in [0.2, 0.25) is 0 Å². The summed E-state index contributed by atoms with van der Waals surface area (Å²) < 4.78 is 0. The van der Waals surface area contributed by atoms with Crippen LogP contribution in [0.4, 0.5) is 0 Å². The summed E-state index contributed by atoms with van der Waals surface area (Å²) in [5.74, 6) is 0. The molecular weight excluding hydrogens is 220 g/mol. The highest BCUT2D eigenvalue weighted by molar-refractivity contribution is 5.24. The van der Waals surface area contributed by atoms with Gasteiger partial charge in [-0.05, 0) is 38.9 Å². The molecule has 1 saturated heterocycles. The molecule has 1 aromatic carbocycles. The van der Waals surface area contributed by atoms with Crippen LogP contribution in [0.3, 0.4) is 0 Å². The molecule has 0 saturated carbocycles. The molecule has 1 fully saturated rings. The first-order valence-corrected chi connectivity index (χ1v) is 6.89. The Morgan fingerprint density at radius 1 is 1.33 bits per heavy atom. The molecule has 0 spiro atoms. The number of allylic oxidation sites excluding steroid dienone is 1. The average Bonchev–Trinajstić information content (AvgIpc) is 2.60. The highest BCUT2D eigenvalue weighted by atomic mass is 15.2. The number of hydrogen-bond acceptors (Lipinski definition) is 2. The Labute approximate surface area is 111 Å². The minimum absolute atomic E-state index is 0.0688. The van der Waals surface area contributed by atoms with Crippen molar-refractivity contribution in [3.8, 4) is 0 Å². The van der Waals surface area contributed by atoms with Crippen molar-refractivity contribution in [3.05, 3.63) is 48.0 Å². The molecule has 0 radical (unpaired) electrons. The van der Waals surface area contributed by atoms with Gasteiger partial charge in [0.25, 0.3) is 0 Å². The predicted octanol–water partition coefficient (Wildman–Crippen LogP) is 2.77. The molecule has 0 amide bonds. The number of rotatable bonds is 3. The highest BCUT2D eigenvalue weighted by Crippen LogP contribution is 2.23. The van der Waals surface area contributed by atoms with Gasteiger partial charge in [-0.3, -0.25) is 4.90 Å². The van der Waals surface area contributed by atoms with Gasteiger partial charge >= 0.3 is 0 Å². The van der Waals surface area contributed by atoms with Gasteiger partial charge < -0.3 is 5.32 Å². The predicted molar refractivity (Wildman–Crippen MR) is 77.7 cm³/mol. The molecule has 1 atom stereocenters. The summed E-state index contributed by atoms with van der Waals surface area (Å²) in [6.45, 7) is 8.81. The van der Waals surface area contributed by atoms with Crippen molar-refractivity contribution in [1.82, 2.24) is 10.2 Å². The molecule has 1 aliphatic heterocycles. The normalized spacial score (nSPS) is 26.3. The Bertz CT molecular complexity index is 385. The van der Waals surface area contributed by atoms with Crippen LogP contribution in [0.1, 0.15) is 25.8 Å². The largest absolute Gasteiger partial charge is 0.307 e. The van der Waals surface area contributed by atoms with E-state index >= 15 is 0 Å². The van der Waals surface area contributed by atoms with Crippen molar-refractivity contribution in [2.24, 2.45) is 0 Å². The molecule has 2 heteroatoms. The summed E-state index contributed by atoms with van der Waals surface area (Å²) in [4.78, 5) is 2.53. The first-order valence-electron chi connectivity index (χ1n) is 6.89. The molecule has 0 aliphatic carbocycles. The lowest BCUT2D eigenvalue weighted by molar-refractivity contribution is 0.239. The Morgan fingerprint density at radius 3 is 2.83 bits per heavy atom. The average molecular weight is 244 g/mol. The van der Waals surface area contributed by atoms with Crippen LogP contribution in [0.15, 0.2) is 42.5 Å². The molecule has 1 N–H and O–H groups in total. The third-order valence-corrected chi connectivity index (χ3v) is 3.72. The molecule has 1 unspecified atom stereocenters. The molecular formula is C16H24N2. The monoisotopic (exact) mass is 244 g/mol. The number of nitrogens with zero attached hydrogens (tertiary/aromatic N) is 1. The molecule has 18 heavy (non-hydrogen) atoms. The van der Waals surface area contributed by atoms with Crippen LogP contribution in [-0.2, 0) is 5.54 Å². The lowest BCUT2D eigenvalue weighted by atomic mass is 9.91. The summed E-state index contributed by atoms with van der Waals surface area (Å²) in [7, 11) is 0. The summed E-state index contributed by atoms with van der Waals surface area (Å²) in [6.07, 6.45) is 5.61. The van der Waals surface area contributed by atoms with E-state index in [4.69, 9.17) is 0 Å². The van der Waals surface area contributed by atoms with E-state index < -0.39 is 0 Å². The van der Waals surface area contributed by atoms with E-state index in [-0.39, 0.29) is 5.54 Å². The molecule has 0 bridgehead atoms. The Morgan fingerprint density at radius 2 is 2.11 bits per heavy atom. The second-order valence-corrected chi connectivity index (χ2v) is 5.28. The molecule has 1 heterocycles. The van der Waals surface area contributed by atoms with Gasteiger partial charge in [0, 0.05) is 13.1 Å². The van der Waals surface area contributed by atoms with E-state index in [9.17, 15) is 0 Å². The molecule has 98 valence electrons. The fraction of sp³-hybridized carbons (Fsp3) is 0.500. The van der Waals surface area contributed by atoms with Crippen molar-refractivity contribution in [1.29, 1.82) is 0 Å². The third-order valence-electron chi connectivity index (χ3n) is 3.72. The van der Waals surface area contributed by atoms with Gasteiger partial charge in [-0.2, -0.15) is 0 Å². The minimum Gasteiger partial charge on any atom is -0.307 e. The molecule has 0 aromatic heterocycles. The molecule has 2 rings (SSSR count). The fourth-order valence-corrected chi connectivity index (χ4v) is 2.66. The van der Waals surface area contributed by atoms with Gasteiger partial charge in [-0.25, -0.2) is 0 Å². The van der Waals surface area contributed by atoms with E-state index in [2.05, 4.69) is 66.5 Å². The van der Waals surface area contributed by atoms with Crippen molar-refractivity contribution in [2.75, 3.05) is 26.2 Å². The molecule has 1 aliphatic rings. The van der Waals surface area contributed by atoms with Crippen molar-refractivity contribution < 1.29 is 0 Å². The summed E-state index contributed by atoms with van der Waals surface area (Å²) >= 11 is 0. The van der Waals surface area contributed by atoms with Crippen LogP contribution in [0.5, 0.6) is 0 Å². The fourth-order valence-electron chi connectivity index (χ4n) is 2.66. The Hall–Kier alpha value is -1.12. The Balaban J connectivity index is 2.15. The second kappa shape index (κ2) is 6.17. The lowest BCUT2D eigenvalue weighted by Crippen LogP contribution is -2.46. The van der Waals surface area contributed by atoms with Crippen molar-refractivity contribution >= 4 is 0 Å². The van der Waals surface area contributed by atoms with E-state index in [1.165, 1.54) is 18.5 Å². The van der Waals surface area contributed by atoms with E-state index in [0.717, 1.165) is 19.6 Å². The first kappa shape index (κ1) is 13.3. The van der Waals surface area contributed by atoms with Crippen LogP contribution >= 0.6 is 0 Å². The summed E-state index contributed by atoms with van der Waals surface area (Å²) in [5.41, 5.74) is 1.46. The van der Waals surface area contributed by atoms with Crippen molar-refractivity contribution in [3.63, 3.8) is 0 Å². The topological polar surface area (TPSA) is 15.3 Å². The van der Waals surface area contributed by atoms with Gasteiger partial charge in [0.1, 0.15) is 0 Å². The van der Waals surface area contributed by atoms with Crippen LogP contribution in [0.25, 0.3) is 0 Å². The standard InChI is InChI=1S/C16H24N2/c1-3-4-12-18-13-8-11-17-16(2,14-18)15-9-6-5-7-10-15/h3-7,9-10,17H,8,11-14H2,1-2H3/b4-3+. The maximum atomic E-state index is 3.71. The van der Waals surface area contributed by atoms with Gasteiger partial charge in [-0.15, -0.1) is 0 Å². The molecule has 1 aromatic rings. The summed E-state index contributed by atoms with van der Waals surface area (Å²) in [6, 6.07) is 10.8. The van der Waals surface area contributed by atoms with E-state index in [1.807, 2.05) is 0 Å². The van der Waals surface area contributed by atoms with Crippen molar-refractivity contribution in [2.45, 2.75) is 25.8 Å². The van der Waals surface area contributed by atoms with E-state index in [0.29, 0.717) is 0 Å². The third kappa shape index (κ3) is 3.21. The van der Waals surface area contributed by atoms with Crippen LogP contribution < -0.4 is 5.32 Å². The zero-order valence-corrected chi connectivity index (χ0v) is 11.5. The van der Waals surface area contributed by atoms with Crippen LogP contribution in [0, 0.1) is 0 Å². The second-order valence-electron chi connectivity index (χ2n) is 5.28. The van der Waals surface area contributed by atoms with Gasteiger partial charge in [0.2, 0.25) is 0 Å². The van der Waals surface area contributed by atoms with Gasteiger partial charge in [-0.1, -0.05) is 42.5 Å². The smallest absolute Gasteiger partial charge is 0.0535 e. The zero-order chi connectivity index (χ0) is 12.8. The van der Waals surface area contributed by atoms with E-state index in [1.54, 1.807) is 0 Å². The SMILES string of the molecule is C/C=C/CN1CCCNC(C)(c2ccccc2)C1. The summed E-state index contributed by atoms with van der Waals surface area (Å²) in [5, 5.41) is 3.71. The number of hydrogen-bond donors (Lipinski definition) is 1. The highest BCUT2D eigenvalue weighted by Gasteiger charge is 2.29. The minimum atomic E-state index is 0.0688. The lowest BCUT2D eigenvalue weighted by Gasteiger charge is -2.33. The molecule has 2 nitrogen and oxygen atoms in total. The Kier molecular flexibility index (Phi) is 4.56.